The lowest BCUT2D eigenvalue weighted by atomic mass is 9.91. The van der Waals surface area contributed by atoms with Gasteiger partial charge >= 0.3 is 54.3 Å². The van der Waals surface area contributed by atoms with Gasteiger partial charge in [-0.2, -0.15) is 30.7 Å². The smallest absolute Gasteiger partial charge is 0.460 e. The molecular formula is C48H72F7NO16. The van der Waals surface area contributed by atoms with Crippen LogP contribution >= 0.6 is 0 Å². The third-order valence-electron chi connectivity index (χ3n) is 10.0. The molecule has 0 unspecified atom stereocenters. The van der Waals surface area contributed by atoms with Crippen molar-refractivity contribution >= 4 is 41.7 Å². The van der Waals surface area contributed by atoms with Gasteiger partial charge in [-0.25, -0.2) is 19.1 Å². The number of alkyl halides is 7. The molecule has 0 aliphatic rings. The minimum atomic E-state index is -5.34. The monoisotopic (exact) mass is 1050 g/mol. The first-order valence-electron chi connectivity index (χ1n) is 22.8. The third-order valence-corrected chi connectivity index (χ3v) is 10.0. The number of esters is 5. The summed E-state index contributed by atoms with van der Waals surface area (Å²) in [7, 11) is 0. The molecule has 414 valence electrons. The Kier molecular flexibility index (Phi) is 30.3. The Bertz CT molecular complexity index is 1870. The minimum absolute atomic E-state index is 0.00112. The maximum Gasteiger partial charge on any atom is 0.460 e. The Morgan fingerprint density at radius 3 is 1.49 bits per heavy atom. The molecule has 1 rings (SSSR count). The SMILES string of the molecule is C=CC(=O)OCCNC(=O)OCCOC(=O)C(C)(C)CC.CCC(C)(C)C(=O)OCCOc1ccc(C(=O)C(C)(C)OC(=O)C(F)(F)OC(F)(F)COCC(F)(F)F)cc1.CCCCOC(=O)C(C)(C)CC. The molecule has 0 spiro atoms. The van der Waals surface area contributed by atoms with Crippen LogP contribution in [0, 0.1) is 16.2 Å². The fourth-order valence-corrected chi connectivity index (χ4v) is 4.24. The first-order valence-corrected chi connectivity index (χ1v) is 22.8. The predicted molar refractivity (Wildman–Crippen MR) is 245 cm³/mol. The molecular weight excluding hydrogens is 980 g/mol. The molecule has 72 heavy (non-hydrogen) atoms. The van der Waals surface area contributed by atoms with E-state index >= 15 is 0 Å². The van der Waals surface area contributed by atoms with Crippen molar-refractivity contribution in [3.05, 3.63) is 42.5 Å². The fourth-order valence-electron chi connectivity index (χ4n) is 4.24. The van der Waals surface area contributed by atoms with Crippen LogP contribution in [0.25, 0.3) is 0 Å². The summed E-state index contributed by atoms with van der Waals surface area (Å²) in [6, 6.07) is 5.06. The number of hydrogen-bond acceptors (Lipinski definition) is 16. The van der Waals surface area contributed by atoms with Crippen LogP contribution in [-0.2, 0) is 61.9 Å². The summed E-state index contributed by atoms with van der Waals surface area (Å²) >= 11 is 0. The maximum atomic E-state index is 13.9. The average molecular weight is 1050 g/mol. The zero-order valence-electron chi connectivity index (χ0n) is 43.2. The second-order valence-electron chi connectivity index (χ2n) is 17.9. The van der Waals surface area contributed by atoms with Crippen molar-refractivity contribution in [3.63, 3.8) is 0 Å². The minimum Gasteiger partial charge on any atom is -0.490 e. The van der Waals surface area contributed by atoms with Crippen molar-refractivity contribution in [2.24, 2.45) is 16.2 Å². The Labute approximate surface area is 416 Å². The Morgan fingerprint density at radius 1 is 0.583 bits per heavy atom. The average Bonchev–Trinajstić information content (AvgIpc) is 3.29. The summed E-state index contributed by atoms with van der Waals surface area (Å²) in [6.07, 6.45) is -10.9. The molecule has 0 aromatic heterocycles. The Balaban J connectivity index is 0. The Morgan fingerprint density at radius 2 is 1.04 bits per heavy atom. The van der Waals surface area contributed by atoms with E-state index in [1.165, 1.54) is 24.3 Å². The molecule has 24 heteroatoms. The number of halogens is 7. The van der Waals surface area contributed by atoms with Gasteiger partial charge in [-0.3, -0.25) is 19.2 Å². The summed E-state index contributed by atoms with van der Waals surface area (Å²) in [5.41, 5.74) is -3.94. The van der Waals surface area contributed by atoms with Crippen LogP contribution in [0.3, 0.4) is 0 Å². The molecule has 0 atom stereocenters. The molecule has 1 amide bonds. The number of nitrogens with one attached hydrogen (secondary N) is 1. The van der Waals surface area contributed by atoms with Gasteiger partial charge < -0.3 is 43.2 Å². The maximum absolute atomic E-state index is 13.9. The molecule has 1 N–H and O–H groups in total. The highest BCUT2D eigenvalue weighted by atomic mass is 19.4. The molecule has 1 aromatic carbocycles. The van der Waals surface area contributed by atoms with Gasteiger partial charge in [0.2, 0.25) is 5.78 Å². The largest absolute Gasteiger partial charge is 0.490 e. The van der Waals surface area contributed by atoms with Gasteiger partial charge in [0.1, 0.15) is 52.0 Å². The van der Waals surface area contributed by atoms with Crippen molar-refractivity contribution in [1.29, 1.82) is 0 Å². The molecule has 1 aromatic rings. The predicted octanol–water partition coefficient (Wildman–Crippen LogP) is 9.52. The molecule has 0 radical (unpaired) electrons. The second kappa shape index (κ2) is 31.8. The number of ketones is 1. The van der Waals surface area contributed by atoms with Crippen molar-refractivity contribution < 1.29 is 107 Å². The summed E-state index contributed by atoms with van der Waals surface area (Å²) in [6.45, 7) is 20.0. The van der Waals surface area contributed by atoms with Gasteiger partial charge in [-0.05, 0) is 105 Å². The number of ether oxygens (including phenoxy) is 9. The molecule has 0 bridgehead atoms. The highest BCUT2D eigenvalue weighted by Gasteiger charge is 2.54. The number of Topliss-reactive ketones (excluding diaryl/α,β-unsaturated/α-hetero) is 1. The van der Waals surface area contributed by atoms with Crippen molar-refractivity contribution in [2.45, 2.75) is 139 Å². The number of alkyl carbamates (subject to hydrolysis) is 1. The van der Waals surface area contributed by atoms with E-state index in [0.717, 1.165) is 39.2 Å². The van der Waals surface area contributed by atoms with Crippen LogP contribution in [0.1, 0.15) is 126 Å². The normalized spacial score (nSPS) is 12.0. The van der Waals surface area contributed by atoms with Crippen LogP contribution in [0.2, 0.25) is 0 Å². The zero-order chi connectivity index (χ0) is 56.2. The number of amides is 1. The molecule has 0 fully saturated rings. The van der Waals surface area contributed by atoms with E-state index in [9.17, 15) is 64.3 Å². The molecule has 0 aliphatic carbocycles. The van der Waals surface area contributed by atoms with E-state index in [2.05, 4.69) is 37.8 Å². The molecule has 17 nitrogen and oxygen atoms in total. The number of benzene rings is 1. The van der Waals surface area contributed by atoms with Gasteiger partial charge in [0.25, 0.3) is 0 Å². The Hall–Kier alpha value is -5.52. The number of carbonyl (C=O) groups excluding carboxylic acids is 7. The van der Waals surface area contributed by atoms with E-state index in [1.54, 1.807) is 27.7 Å². The summed E-state index contributed by atoms with van der Waals surface area (Å²) in [4.78, 5) is 81.3. The number of hydrogen-bond donors (Lipinski definition) is 1. The van der Waals surface area contributed by atoms with Crippen LogP contribution in [0.15, 0.2) is 36.9 Å². The van der Waals surface area contributed by atoms with Crippen molar-refractivity contribution in [1.82, 2.24) is 5.32 Å². The van der Waals surface area contributed by atoms with Gasteiger partial charge in [-0.1, -0.05) is 40.7 Å². The number of carbonyl (C=O) groups is 7. The highest BCUT2D eigenvalue weighted by molar-refractivity contribution is 6.03. The van der Waals surface area contributed by atoms with Gasteiger partial charge in [0, 0.05) is 11.6 Å². The van der Waals surface area contributed by atoms with Crippen molar-refractivity contribution in [3.8, 4) is 5.75 Å². The second-order valence-corrected chi connectivity index (χ2v) is 17.9. The summed E-state index contributed by atoms with van der Waals surface area (Å²) in [5, 5.41) is 2.38. The van der Waals surface area contributed by atoms with E-state index in [4.69, 9.17) is 23.7 Å². The molecule has 0 saturated heterocycles. The topological polar surface area (TPSA) is 215 Å². The van der Waals surface area contributed by atoms with E-state index in [-0.39, 0.29) is 68.2 Å². The lowest BCUT2D eigenvalue weighted by Crippen LogP contribution is -2.47. The van der Waals surface area contributed by atoms with Crippen LogP contribution in [0.4, 0.5) is 35.5 Å². The molecule has 0 heterocycles. The van der Waals surface area contributed by atoms with Crippen molar-refractivity contribution in [2.75, 3.05) is 59.4 Å². The summed E-state index contributed by atoms with van der Waals surface area (Å²) in [5.74, 6) is -4.80. The molecule has 0 aliphatic heterocycles. The van der Waals surface area contributed by atoms with Crippen LogP contribution < -0.4 is 10.1 Å². The zero-order valence-corrected chi connectivity index (χ0v) is 43.2. The highest BCUT2D eigenvalue weighted by Crippen LogP contribution is 2.32. The van der Waals surface area contributed by atoms with Crippen LogP contribution in [0.5, 0.6) is 5.75 Å². The quantitative estimate of drug-likeness (QED) is 0.0197. The number of rotatable bonds is 29. The third kappa shape index (κ3) is 29.1. The van der Waals surface area contributed by atoms with Gasteiger partial charge in [-0.15, -0.1) is 0 Å². The standard InChI is InChI=1S/C24H29F7O8.C14H23NO6.C10H20O2/c1-6-20(2,3)18(33)37-12-11-36-16-9-7-15(8-10-16)17(32)21(4,5)38-19(34)24(30,31)39-23(28,29)14-35-13-22(25,26)27;1-5-11(16)19-8-7-15-13(18)21-10-9-20-12(17)14(3,4)6-2;1-5-7-8-12-9(11)10(3,4)6-2/h7-10H,6,11-14H2,1-5H3;5H,1,6-10H2,2-4H3,(H,15,18);5-8H2,1-4H3. The van der Waals surface area contributed by atoms with Gasteiger partial charge in [0.15, 0.2) is 5.60 Å². The van der Waals surface area contributed by atoms with E-state index < -0.39 is 77.8 Å². The van der Waals surface area contributed by atoms with E-state index in [1.807, 2.05) is 34.6 Å². The first kappa shape index (κ1) is 68.6. The first-order chi connectivity index (χ1) is 33.0. The van der Waals surface area contributed by atoms with E-state index in [0.29, 0.717) is 19.4 Å². The lowest BCUT2D eigenvalue weighted by molar-refractivity contribution is -0.378. The fraction of sp³-hybridized carbons (Fsp3) is 0.688. The van der Waals surface area contributed by atoms with Crippen LogP contribution in [-0.4, -0.2) is 125 Å². The summed E-state index contributed by atoms with van der Waals surface area (Å²) < 4.78 is 132. The number of unbranched alkanes of at least 4 members (excludes halogenated alkanes) is 1. The molecule has 0 saturated carbocycles. The lowest BCUT2D eigenvalue weighted by Gasteiger charge is -2.27. The van der Waals surface area contributed by atoms with Gasteiger partial charge in [0.05, 0.1) is 29.4 Å².